The van der Waals surface area contributed by atoms with E-state index in [9.17, 15) is 22.0 Å². The van der Waals surface area contributed by atoms with Crippen LogP contribution in [0.25, 0.3) is 0 Å². The van der Waals surface area contributed by atoms with Gasteiger partial charge in [-0.1, -0.05) is 6.07 Å². The van der Waals surface area contributed by atoms with Crippen molar-refractivity contribution in [1.29, 1.82) is 0 Å². The van der Waals surface area contributed by atoms with E-state index in [1.807, 2.05) is 0 Å². The van der Waals surface area contributed by atoms with Crippen LogP contribution in [0.5, 0.6) is 0 Å². The zero-order valence-corrected chi connectivity index (χ0v) is 10.7. The second kappa shape index (κ2) is 5.19. The number of nitrogens with one attached hydrogen (secondary N) is 1. The predicted molar refractivity (Wildman–Crippen MR) is 68.0 cm³/mol. The largest absolute Gasteiger partial charge is 0.416 e. The molecular formula is C13H10F5N3. The Balaban J connectivity index is 2.39. The van der Waals surface area contributed by atoms with Gasteiger partial charge in [0, 0.05) is 11.8 Å². The van der Waals surface area contributed by atoms with Crippen LogP contribution in [-0.4, -0.2) is 4.98 Å². The van der Waals surface area contributed by atoms with Crippen molar-refractivity contribution in [2.45, 2.75) is 13.1 Å². The molecule has 1 heterocycles. The van der Waals surface area contributed by atoms with Crippen LogP contribution >= 0.6 is 0 Å². The molecule has 21 heavy (non-hydrogen) atoms. The van der Waals surface area contributed by atoms with Crippen molar-refractivity contribution in [3.05, 3.63) is 47.0 Å². The molecule has 0 bridgehead atoms. The molecular weight excluding hydrogens is 293 g/mol. The van der Waals surface area contributed by atoms with Crippen molar-refractivity contribution in [3.63, 3.8) is 0 Å². The van der Waals surface area contributed by atoms with Gasteiger partial charge in [-0.15, -0.1) is 0 Å². The maximum Gasteiger partial charge on any atom is 0.416 e. The zero-order valence-electron chi connectivity index (χ0n) is 10.7. The van der Waals surface area contributed by atoms with Crippen molar-refractivity contribution in [1.82, 2.24) is 4.98 Å². The van der Waals surface area contributed by atoms with E-state index in [-0.39, 0.29) is 11.3 Å². The SMILES string of the molecule is Cc1ccc(Nc2nc(N)c(F)cc2F)cc1C(F)(F)F. The highest BCUT2D eigenvalue weighted by molar-refractivity contribution is 5.60. The van der Waals surface area contributed by atoms with Crippen molar-refractivity contribution >= 4 is 17.3 Å². The maximum atomic E-state index is 13.5. The molecule has 8 heteroatoms. The molecule has 0 saturated carbocycles. The Bertz CT molecular complexity index is 682. The van der Waals surface area contributed by atoms with Crippen LogP contribution in [0.1, 0.15) is 11.1 Å². The minimum Gasteiger partial charge on any atom is -0.381 e. The van der Waals surface area contributed by atoms with E-state index in [1.165, 1.54) is 19.1 Å². The van der Waals surface area contributed by atoms with Gasteiger partial charge in [-0.25, -0.2) is 13.8 Å². The molecule has 0 aliphatic carbocycles. The van der Waals surface area contributed by atoms with E-state index >= 15 is 0 Å². The van der Waals surface area contributed by atoms with Gasteiger partial charge < -0.3 is 11.1 Å². The van der Waals surface area contributed by atoms with Crippen molar-refractivity contribution in [2.75, 3.05) is 11.1 Å². The fourth-order valence-electron chi connectivity index (χ4n) is 1.71. The monoisotopic (exact) mass is 303 g/mol. The number of nitrogens with two attached hydrogens (primary N) is 1. The van der Waals surface area contributed by atoms with Gasteiger partial charge in [0.25, 0.3) is 0 Å². The summed E-state index contributed by atoms with van der Waals surface area (Å²) in [6.45, 7) is 1.31. The number of hydrogen-bond donors (Lipinski definition) is 2. The fourth-order valence-corrected chi connectivity index (χ4v) is 1.71. The van der Waals surface area contributed by atoms with E-state index < -0.39 is 35.0 Å². The predicted octanol–water partition coefficient (Wildman–Crippen LogP) is 4.01. The van der Waals surface area contributed by atoms with E-state index in [4.69, 9.17) is 5.73 Å². The summed E-state index contributed by atoms with van der Waals surface area (Å²) < 4.78 is 64.8. The maximum absolute atomic E-state index is 13.5. The summed E-state index contributed by atoms with van der Waals surface area (Å²) in [5, 5.41) is 2.35. The van der Waals surface area contributed by atoms with Gasteiger partial charge in [0.1, 0.15) is 0 Å². The quantitative estimate of drug-likeness (QED) is 0.824. The molecule has 0 atom stereocenters. The third-order valence-electron chi connectivity index (χ3n) is 2.76. The highest BCUT2D eigenvalue weighted by Gasteiger charge is 2.32. The van der Waals surface area contributed by atoms with Gasteiger partial charge in [-0.2, -0.15) is 13.2 Å². The molecule has 0 radical (unpaired) electrons. The van der Waals surface area contributed by atoms with Gasteiger partial charge in [0.15, 0.2) is 23.3 Å². The first-order chi connectivity index (χ1) is 9.68. The molecule has 0 unspecified atom stereocenters. The minimum absolute atomic E-state index is 0.0279. The molecule has 112 valence electrons. The molecule has 1 aromatic heterocycles. The third-order valence-corrected chi connectivity index (χ3v) is 2.76. The summed E-state index contributed by atoms with van der Waals surface area (Å²) >= 11 is 0. The van der Waals surface area contributed by atoms with E-state index in [0.29, 0.717) is 6.07 Å². The average molecular weight is 303 g/mol. The molecule has 3 N–H and O–H groups in total. The summed E-state index contributed by atoms with van der Waals surface area (Å²) in [7, 11) is 0. The molecule has 0 aliphatic rings. The Labute approximate surface area is 116 Å². The summed E-state index contributed by atoms with van der Waals surface area (Å²) in [5.74, 6) is -3.11. The zero-order chi connectivity index (χ0) is 15.8. The molecule has 0 aliphatic heterocycles. The number of alkyl halides is 3. The number of nitrogen functional groups attached to an aromatic ring is 1. The topological polar surface area (TPSA) is 50.9 Å². The lowest BCUT2D eigenvalue weighted by Crippen LogP contribution is -2.09. The Morgan fingerprint density at radius 1 is 1.10 bits per heavy atom. The second-order valence-corrected chi connectivity index (χ2v) is 4.34. The lowest BCUT2D eigenvalue weighted by molar-refractivity contribution is -0.138. The molecule has 2 aromatic rings. The van der Waals surface area contributed by atoms with Crippen LogP contribution in [0, 0.1) is 18.6 Å². The van der Waals surface area contributed by atoms with Gasteiger partial charge in [0.05, 0.1) is 5.56 Å². The van der Waals surface area contributed by atoms with E-state index in [0.717, 1.165) is 6.07 Å². The molecule has 2 rings (SSSR count). The molecule has 0 amide bonds. The fraction of sp³-hybridized carbons (Fsp3) is 0.154. The number of aromatic nitrogens is 1. The number of hydrogen-bond acceptors (Lipinski definition) is 3. The number of rotatable bonds is 2. The summed E-state index contributed by atoms with van der Waals surface area (Å²) in [6.07, 6.45) is -4.53. The van der Waals surface area contributed by atoms with E-state index in [1.54, 1.807) is 0 Å². The standard InChI is InChI=1S/C13H10F5N3/c1-6-2-3-7(4-8(6)13(16,17)18)20-12-10(15)5-9(14)11(19)21-12/h2-5H,1H3,(H3,19,20,21). The molecule has 1 aromatic carbocycles. The lowest BCUT2D eigenvalue weighted by atomic mass is 10.1. The first-order valence-electron chi connectivity index (χ1n) is 5.75. The van der Waals surface area contributed by atoms with Gasteiger partial charge in [0.2, 0.25) is 0 Å². The number of pyridine rings is 1. The van der Waals surface area contributed by atoms with Crippen LogP contribution in [0.2, 0.25) is 0 Å². The minimum atomic E-state index is -4.53. The Kier molecular flexibility index (Phi) is 3.71. The van der Waals surface area contributed by atoms with Crippen LogP contribution in [-0.2, 0) is 6.18 Å². The van der Waals surface area contributed by atoms with Crippen LogP contribution in [0.3, 0.4) is 0 Å². The first kappa shape index (κ1) is 15.0. The van der Waals surface area contributed by atoms with E-state index in [2.05, 4.69) is 10.3 Å². The lowest BCUT2D eigenvalue weighted by Gasteiger charge is -2.13. The van der Waals surface area contributed by atoms with Gasteiger partial charge in [-0.05, 0) is 24.6 Å². The smallest absolute Gasteiger partial charge is 0.381 e. The van der Waals surface area contributed by atoms with Crippen LogP contribution in [0.4, 0.5) is 39.3 Å². The van der Waals surface area contributed by atoms with Crippen molar-refractivity contribution in [2.24, 2.45) is 0 Å². The highest BCUT2D eigenvalue weighted by atomic mass is 19.4. The van der Waals surface area contributed by atoms with Gasteiger partial charge >= 0.3 is 6.18 Å². The second-order valence-electron chi connectivity index (χ2n) is 4.34. The highest BCUT2D eigenvalue weighted by Crippen LogP contribution is 2.34. The number of halogens is 5. The van der Waals surface area contributed by atoms with Crippen LogP contribution < -0.4 is 11.1 Å². The number of nitrogens with zero attached hydrogens (tertiary/aromatic N) is 1. The molecule has 3 nitrogen and oxygen atoms in total. The number of aryl methyl sites for hydroxylation is 1. The number of anilines is 3. The Hall–Kier alpha value is -2.38. The normalized spacial score (nSPS) is 11.5. The van der Waals surface area contributed by atoms with Gasteiger partial charge in [-0.3, -0.25) is 0 Å². The molecule has 0 fully saturated rings. The third kappa shape index (κ3) is 3.21. The summed E-state index contributed by atoms with van der Waals surface area (Å²) in [4.78, 5) is 3.42. The first-order valence-corrected chi connectivity index (χ1v) is 5.75. The van der Waals surface area contributed by atoms with Crippen molar-refractivity contribution in [3.8, 4) is 0 Å². The molecule has 0 spiro atoms. The van der Waals surface area contributed by atoms with Crippen LogP contribution in [0.15, 0.2) is 24.3 Å². The number of benzene rings is 1. The Morgan fingerprint density at radius 2 is 1.76 bits per heavy atom. The van der Waals surface area contributed by atoms with Crippen molar-refractivity contribution < 1.29 is 22.0 Å². The summed E-state index contributed by atoms with van der Waals surface area (Å²) in [6, 6.07) is 3.88. The Morgan fingerprint density at radius 3 is 2.38 bits per heavy atom. The molecule has 0 saturated heterocycles. The summed E-state index contributed by atoms with van der Waals surface area (Å²) in [5.41, 5.74) is 4.33. The average Bonchev–Trinajstić information content (AvgIpc) is 2.37.